The van der Waals surface area contributed by atoms with Crippen molar-refractivity contribution >= 4 is 45.9 Å². The van der Waals surface area contributed by atoms with Crippen LogP contribution in [0.3, 0.4) is 0 Å². The first-order valence-corrected chi connectivity index (χ1v) is 26.8. The van der Waals surface area contributed by atoms with Crippen molar-refractivity contribution in [2.45, 2.75) is 102 Å². The van der Waals surface area contributed by atoms with Gasteiger partial charge in [0, 0.05) is 112 Å². The number of benzene rings is 2. The first-order chi connectivity index (χ1) is 35.9. The average Bonchev–Trinajstić information content (AvgIpc) is 3.89. The summed E-state index contributed by atoms with van der Waals surface area (Å²) in [6.45, 7) is 12.1. The number of halogens is 3. The number of alkyl carbamates (subject to hydrolysis) is 1. The number of ether oxygens (including phenoxy) is 1. The van der Waals surface area contributed by atoms with E-state index in [9.17, 15) is 19.3 Å². The van der Waals surface area contributed by atoms with E-state index in [1.165, 1.54) is 17.3 Å². The molecule has 0 saturated carbocycles. The highest BCUT2D eigenvalue weighted by atomic mass is 19.3. The minimum absolute atomic E-state index is 0.0214. The number of piperidine rings is 3. The lowest BCUT2D eigenvalue weighted by Gasteiger charge is -2.47. The van der Waals surface area contributed by atoms with Crippen molar-refractivity contribution in [3.8, 4) is 0 Å². The van der Waals surface area contributed by atoms with Crippen molar-refractivity contribution in [1.82, 2.24) is 39.8 Å². The number of allylic oxidation sites excluding steroid dienone is 2. The average molecular weight is 1040 g/mol. The van der Waals surface area contributed by atoms with Gasteiger partial charge in [0.15, 0.2) is 6.04 Å². The van der Waals surface area contributed by atoms with Gasteiger partial charge in [0.2, 0.25) is 6.54 Å². The van der Waals surface area contributed by atoms with Crippen LogP contribution in [0.4, 0.5) is 29.3 Å². The van der Waals surface area contributed by atoms with Crippen LogP contribution in [-0.4, -0.2) is 160 Å². The Kier molecular flexibility index (Phi) is 15.1. The lowest BCUT2D eigenvalue weighted by Crippen LogP contribution is -2.62. The van der Waals surface area contributed by atoms with Gasteiger partial charge in [-0.25, -0.2) is 27.7 Å². The second-order valence-electron chi connectivity index (χ2n) is 22.4. The normalized spacial score (nSPS) is 23.6. The summed E-state index contributed by atoms with van der Waals surface area (Å²) in [4.78, 5) is 64.3. The van der Waals surface area contributed by atoms with E-state index in [0.717, 1.165) is 67.5 Å². The largest absolute Gasteiger partial charge is 0.455 e. The minimum Gasteiger partial charge on any atom is -0.444 e. The molecule has 0 radical (unpaired) electrons. The molecule has 16 nitrogen and oxygen atoms in total. The van der Waals surface area contributed by atoms with Gasteiger partial charge in [0.25, 0.3) is 11.8 Å². The molecule has 10 rings (SSSR count). The molecule has 2 aromatic carbocycles. The topological polar surface area (TPSA) is 151 Å². The van der Waals surface area contributed by atoms with Crippen molar-refractivity contribution in [3.05, 3.63) is 112 Å². The molecule has 3 amide bonds. The zero-order valence-electron chi connectivity index (χ0n) is 43.6. The molecule has 0 aliphatic carbocycles. The lowest BCUT2D eigenvalue weighted by molar-refractivity contribution is -0.453. The molecule has 3 N–H and O–H groups in total. The highest BCUT2D eigenvalue weighted by Gasteiger charge is 2.48. The smallest absolute Gasteiger partial charge is 0.444 e. The van der Waals surface area contributed by atoms with E-state index in [-0.39, 0.29) is 31.1 Å². The van der Waals surface area contributed by atoms with Crippen LogP contribution in [0.1, 0.15) is 92.4 Å². The first kappa shape index (κ1) is 52.1. The molecular formula is C56H71F3N11O5+. The SMILES string of the molecule is Cn1c(CN2CCC(c3ccc(C(=O)N4CCC(CN5CCC(N6CCN(c7ccc(NC8CC[N+](=O)C8=O)cc7F)CC6)C(F)(F)C5)CC4)cc3)CC2)cc2c(C3=CNC(NC(=O)OC(C)(C)C)C=C3)ccnc21. The van der Waals surface area contributed by atoms with Gasteiger partial charge in [-0.15, -0.1) is 0 Å². The second-order valence-corrected chi connectivity index (χ2v) is 22.4. The number of nitrogens with one attached hydrogen (secondary N) is 3. The van der Waals surface area contributed by atoms with E-state index in [2.05, 4.69) is 50.7 Å². The third kappa shape index (κ3) is 11.9. The van der Waals surface area contributed by atoms with E-state index >= 15 is 13.2 Å². The number of hydrogen-bond donors (Lipinski definition) is 3. The van der Waals surface area contributed by atoms with Crippen LogP contribution < -0.4 is 20.9 Å². The van der Waals surface area contributed by atoms with Crippen LogP contribution in [0.5, 0.6) is 0 Å². The van der Waals surface area contributed by atoms with Gasteiger partial charge in [-0.3, -0.25) is 24.8 Å². The van der Waals surface area contributed by atoms with Gasteiger partial charge >= 0.3 is 12.0 Å². The summed E-state index contributed by atoms with van der Waals surface area (Å²) in [5.41, 5.74) is 6.33. The Balaban J connectivity index is 0.642. The maximum absolute atomic E-state index is 15.9. The van der Waals surface area contributed by atoms with Crippen LogP contribution >= 0.6 is 0 Å². The van der Waals surface area contributed by atoms with Gasteiger partial charge in [-0.05, 0) is 143 Å². The highest BCUT2D eigenvalue weighted by molar-refractivity contribution is 5.95. The van der Waals surface area contributed by atoms with Crippen molar-refractivity contribution in [2.75, 3.05) is 88.8 Å². The number of rotatable bonds is 12. The number of pyridine rings is 1. The number of nitroso groups, excluding NO2 is 1. The molecule has 5 saturated heterocycles. The number of amides is 3. The molecule has 0 spiro atoms. The van der Waals surface area contributed by atoms with Gasteiger partial charge in [0.05, 0.1) is 23.0 Å². The molecule has 6 aliphatic rings. The number of likely N-dealkylation sites (tertiary alicyclic amines) is 3. The molecule has 2 aromatic heterocycles. The first-order valence-electron chi connectivity index (χ1n) is 26.8. The summed E-state index contributed by atoms with van der Waals surface area (Å²) in [5, 5.41) is 10.1. The number of carbonyl (C=O) groups is 3. The molecular weight excluding hydrogens is 964 g/mol. The number of hydrogen-bond acceptors (Lipinski definition) is 12. The second kappa shape index (κ2) is 21.7. The van der Waals surface area contributed by atoms with Crippen LogP contribution in [0, 0.1) is 16.6 Å². The summed E-state index contributed by atoms with van der Waals surface area (Å²) in [6, 6.07) is 15.5. The fraction of sp³-hybridized carbons (Fsp3) is 0.536. The number of nitrogens with zero attached hydrogens (tertiary/aromatic N) is 8. The standard InChI is InChI=1S/C56H70F3N11O5/c1-55(2,3)75-54(73)63-50-12-9-41(33-61-50)44-13-20-60-51-45(44)32-43(64(51)4)35-65-21-16-39(17-22-65)38-5-7-40(8-6-38)52(71)69-24-14-37(15-25-69)34-66-23-19-49(56(58,59)36-66)68-29-27-67(28-30-68)48-11-10-42(31-46(48)57)62-47-18-26-70(74)53(47)72/h5-13,20,31-33,37,39,47,49-50,62H,14-19,21-30,34-36H2,1-4H3,(H-,60,61,63,73)/p+1. The molecule has 75 heavy (non-hydrogen) atoms. The fourth-order valence-corrected chi connectivity index (χ4v) is 12.0. The number of piperazine rings is 1. The molecule has 3 atom stereocenters. The van der Waals surface area contributed by atoms with Gasteiger partial charge in [-0.2, -0.15) is 0 Å². The number of carbonyl (C=O) groups excluding carboxylic acids is 3. The van der Waals surface area contributed by atoms with Crippen molar-refractivity contribution < 1.29 is 37.1 Å². The molecule has 0 bridgehead atoms. The number of anilines is 2. The number of aryl methyl sites for hydroxylation is 1. The van der Waals surface area contributed by atoms with Gasteiger partial charge in [-0.1, -0.05) is 18.2 Å². The van der Waals surface area contributed by atoms with Gasteiger partial charge in [0.1, 0.15) is 23.2 Å². The van der Waals surface area contributed by atoms with Crippen molar-refractivity contribution in [1.29, 1.82) is 0 Å². The number of alkyl halides is 2. The Hall–Kier alpha value is -6.31. The molecule has 400 valence electrons. The van der Waals surface area contributed by atoms with E-state index in [4.69, 9.17) is 9.72 Å². The number of fused-ring (bicyclic) bond motifs is 1. The quantitative estimate of drug-likeness (QED) is 0.122. The number of dihydropyridines is 1. The Morgan fingerprint density at radius 3 is 2.28 bits per heavy atom. The molecule has 4 aromatic rings. The third-order valence-electron chi connectivity index (χ3n) is 16.1. The monoisotopic (exact) mass is 1030 g/mol. The molecule has 5 fully saturated rings. The highest BCUT2D eigenvalue weighted by Crippen LogP contribution is 2.36. The summed E-state index contributed by atoms with van der Waals surface area (Å²) >= 11 is 0. The fourth-order valence-electron chi connectivity index (χ4n) is 12.0. The molecule has 8 heterocycles. The van der Waals surface area contributed by atoms with Crippen LogP contribution in [0.25, 0.3) is 16.6 Å². The van der Waals surface area contributed by atoms with Crippen molar-refractivity contribution in [2.24, 2.45) is 13.0 Å². The molecule has 19 heteroatoms. The summed E-state index contributed by atoms with van der Waals surface area (Å²) in [5.74, 6) is -3.24. The number of aromatic nitrogens is 2. The van der Waals surface area contributed by atoms with E-state index in [1.807, 2.05) is 83.1 Å². The summed E-state index contributed by atoms with van der Waals surface area (Å²) in [6.07, 6.45) is 11.1. The van der Waals surface area contributed by atoms with E-state index < -0.39 is 41.4 Å². The predicted molar refractivity (Wildman–Crippen MR) is 282 cm³/mol. The van der Waals surface area contributed by atoms with Crippen molar-refractivity contribution in [3.63, 3.8) is 0 Å². The molecule has 6 aliphatic heterocycles. The maximum Gasteiger partial charge on any atom is 0.455 e. The molecule has 3 unspecified atom stereocenters. The van der Waals surface area contributed by atoms with Crippen LogP contribution in [0.2, 0.25) is 0 Å². The summed E-state index contributed by atoms with van der Waals surface area (Å²) in [7, 11) is 2.07. The van der Waals surface area contributed by atoms with E-state index in [1.54, 1.807) is 12.1 Å². The Labute approximate surface area is 436 Å². The van der Waals surface area contributed by atoms with Crippen LogP contribution in [0.15, 0.2) is 79.1 Å². The maximum atomic E-state index is 15.9. The minimum atomic E-state index is -2.89. The third-order valence-corrected chi connectivity index (χ3v) is 16.1. The lowest BCUT2D eigenvalue weighted by atomic mass is 9.88. The zero-order chi connectivity index (χ0) is 52.6. The Morgan fingerprint density at radius 2 is 1.63 bits per heavy atom. The van der Waals surface area contributed by atoms with Crippen LogP contribution in [-0.2, 0) is 23.1 Å². The van der Waals surface area contributed by atoms with Gasteiger partial charge < -0.3 is 29.7 Å². The van der Waals surface area contributed by atoms with E-state index in [0.29, 0.717) is 92.8 Å². The predicted octanol–water partition coefficient (Wildman–Crippen LogP) is 7.32. The zero-order valence-corrected chi connectivity index (χ0v) is 43.6. The Bertz CT molecular complexity index is 2820. The Morgan fingerprint density at radius 1 is 0.893 bits per heavy atom. The summed E-state index contributed by atoms with van der Waals surface area (Å²) < 4.78 is 55.0.